The van der Waals surface area contributed by atoms with Gasteiger partial charge in [0.2, 0.25) is 5.91 Å². The second-order valence-electron chi connectivity index (χ2n) is 11.3. The normalized spacial score (nSPS) is 15.6. The van der Waals surface area contributed by atoms with E-state index in [1.807, 2.05) is 23.1 Å². The van der Waals surface area contributed by atoms with Crippen LogP contribution in [0.5, 0.6) is 0 Å². The summed E-state index contributed by atoms with van der Waals surface area (Å²) in [6.45, 7) is 4.91. The zero-order valence-corrected chi connectivity index (χ0v) is 25.9. The topological polar surface area (TPSA) is 142 Å². The molecule has 3 N–H and O–H groups in total. The third-order valence-corrected chi connectivity index (χ3v) is 8.03. The van der Waals surface area contributed by atoms with Crippen molar-refractivity contribution in [3.05, 3.63) is 77.8 Å². The Hall–Kier alpha value is -4.48. The van der Waals surface area contributed by atoms with Gasteiger partial charge in [0, 0.05) is 63.8 Å². The monoisotopic (exact) mass is 615 g/mol. The first-order valence-electron chi connectivity index (χ1n) is 15.5. The summed E-state index contributed by atoms with van der Waals surface area (Å²) in [5.74, 6) is 0.908. The maximum atomic E-state index is 13.3. The Morgan fingerprint density at radius 3 is 2.69 bits per heavy atom. The maximum Gasteiger partial charge on any atom is 0.338 e. The van der Waals surface area contributed by atoms with Gasteiger partial charge >= 0.3 is 5.97 Å². The minimum absolute atomic E-state index is 0.0324. The van der Waals surface area contributed by atoms with Crippen LogP contribution in [0.15, 0.2) is 65.1 Å². The molecule has 0 bridgehead atoms. The predicted octanol–water partition coefficient (Wildman–Crippen LogP) is 4.36. The summed E-state index contributed by atoms with van der Waals surface area (Å²) in [4.78, 5) is 44.8. The molecule has 0 aliphatic carbocycles. The van der Waals surface area contributed by atoms with Crippen molar-refractivity contribution >= 4 is 28.8 Å². The number of nitrogens with zero attached hydrogens (tertiary/aromatic N) is 3. The Bertz CT molecular complexity index is 1610. The molecule has 1 aliphatic rings. The number of hydrogen-bond acceptors (Lipinski definition) is 8. The number of nitrogens with one attached hydrogen (secondary N) is 1. The summed E-state index contributed by atoms with van der Waals surface area (Å²) in [6.07, 6.45) is 2.84. The molecule has 11 nitrogen and oxygen atoms in total. The van der Waals surface area contributed by atoms with E-state index in [1.54, 1.807) is 50.4 Å². The first-order valence-corrected chi connectivity index (χ1v) is 15.5. The highest BCUT2D eigenvalue weighted by molar-refractivity contribution is 5.92. The van der Waals surface area contributed by atoms with Crippen LogP contribution in [-0.2, 0) is 20.8 Å². The first-order chi connectivity index (χ1) is 21.9. The molecular weight excluding hydrogens is 574 g/mol. The van der Waals surface area contributed by atoms with Gasteiger partial charge in [-0.1, -0.05) is 24.3 Å². The van der Waals surface area contributed by atoms with Gasteiger partial charge in [-0.05, 0) is 62.6 Å². The summed E-state index contributed by atoms with van der Waals surface area (Å²) in [6, 6.07) is 17.6. The van der Waals surface area contributed by atoms with Crippen LogP contribution in [-0.4, -0.2) is 78.2 Å². The molecule has 2 aromatic carbocycles. The van der Waals surface area contributed by atoms with Gasteiger partial charge < -0.3 is 34.4 Å². The summed E-state index contributed by atoms with van der Waals surface area (Å²) in [5, 5.41) is 2.78. The molecule has 1 saturated heterocycles. The van der Waals surface area contributed by atoms with Crippen molar-refractivity contribution in [3.8, 4) is 11.3 Å². The van der Waals surface area contributed by atoms with Crippen LogP contribution in [0.4, 0.5) is 0 Å². The lowest BCUT2D eigenvalue weighted by molar-refractivity contribution is -0.132. The van der Waals surface area contributed by atoms with E-state index in [4.69, 9.17) is 24.6 Å². The van der Waals surface area contributed by atoms with Crippen LogP contribution >= 0.6 is 0 Å². The van der Waals surface area contributed by atoms with Gasteiger partial charge in [0.25, 0.3) is 5.91 Å². The van der Waals surface area contributed by atoms with Crippen molar-refractivity contribution in [2.24, 2.45) is 5.73 Å². The predicted molar refractivity (Wildman–Crippen MR) is 170 cm³/mol. The number of esters is 1. The van der Waals surface area contributed by atoms with Crippen molar-refractivity contribution in [1.29, 1.82) is 0 Å². The maximum absolute atomic E-state index is 13.3. The molecule has 45 heavy (non-hydrogen) atoms. The third-order valence-electron chi connectivity index (χ3n) is 8.03. The fourth-order valence-corrected chi connectivity index (χ4v) is 5.76. The summed E-state index contributed by atoms with van der Waals surface area (Å²) in [5.41, 5.74) is 9.51. The highest BCUT2D eigenvalue weighted by atomic mass is 16.5. The molecule has 2 amide bonds. The summed E-state index contributed by atoms with van der Waals surface area (Å²) < 4.78 is 18.3. The van der Waals surface area contributed by atoms with Crippen LogP contribution in [0.1, 0.15) is 65.3 Å². The lowest BCUT2D eigenvalue weighted by atomic mass is 9.96. The lowest BCUT2D eigenvalue weighted by Crippen LogP contribution is -2.45. The average molecular weight is 616 g/mol. The molecule has 0 unspecified atom stereocenters. The first kappa shape index (κ1) is 31.9. The number of carbonyl (C=O) groups excluding carboxylic acids is 3. The van der Waals surface area contributed by atoms with Gasteiger partial charge in [-0.25, -0.2) is 9.78 Å². The number of imidazole rings is 1. The Kier molecular flexibility index (Phi) is 10.6. The number of hydrogen-bond donors (Lipinski definition) is 2. The molecular formula is C34H41N5O6. The number of rotatable bonds is 13. The van der Waals surface area contributed by atoms with E-state index in [0.717, 1.165) is 48.2 Å². The largest absolute Gasteiger partial charge is 0.462 e. The second-order valence-corrected chi connectivity index (χ2v) is 11.3. The number of benzene rings is 2. The van der Waals surface area contributed by atoms with Crippen LogP contribution in [0.3, 0.4) is 0 Å². The molecule has 2 aromatic heterocycles. The van der Waals surface area contributed by atoms with Crippen LogP contribution in [0.25, 0.3) is 22.4 Å². The Morgan fingerprint density at radius 2 is 1.91 bits per heavy atom. The van der Waals surface area contributed by atoms with Gasteiger partial charge in [-0.3, -0.25) is 9.59 Å². The van der Waals surface area contributed by atoms with E-state index >= 15 is 0 Å². The highest BCUT2D eigenvalue weighted by Crippen LogP contribution is 2.30. The fraction of sp³-hybridized carbons (Fsp3) is 0.412. The second kappa shape index (κ2) is 15.0. The number of methoxy groups -OCH3 is 1. The molecule has 3 heterocycles. The number of furan rings is 1. The SMILES string of the molecule is CCOC(=O)c1ccc(-c2ccc(C(=O)NC[C@H](N)CC(=O)N3CCC[C@@H](c4nc5ccccc5n4CCCOC)C3)o2)cc1. The van der Waals surface area contributed by atoms with Gasteiger partial charge in [-0.15, -0.1) is 0 Å². The smallest absolute Gasteiger partial charge is 0.338 e. The fourth-order valence-electron chi connectivity index (χ4n) is 5.76. The molecule has 2 atom stereocenters. The number of para-hydroxylation sites is 2. The van der Waals surface area contributed by atoms with Crippen LogP contribution in [0, 0.1) is 0 Å². The van der Waals surface area contributed by atoms with Crippen molar-refractivity contribution in [1.82, 2.24) is 19.8 Å². The number of likely N-dealkylation sites (tertiary alicyclic amines) is 1. The van der Waals surface area contributed by atoms with Crippen molar-refractivity contribution < 1.29 is 28.3 Å². The van der Waals surface area contributed by atoms with Crippen molar-refractivity contribution in [3.63, 3.8) is 0 Å². The number of aryl methyl sites for hydroxylation is 1. The van der Waals surface area contributed by atoms with E-state index in [-0.39, 0.29) is 30.6 Å². The number of nitrogens with two attached hydrogens (primary N) is 1. The minimum atomic E-state index is -0.551. The minimum Gasteiger partial charge on any atom is -0.462 e. The molecule has 5 rings (SSSR count). The summed E-state index contributed by atoms with van der Waals surface area (Å²) in [7, 11) is 1.71. The van der Waals surface area contributed by atoms with E-state index in [0.29, 0.717) is 37.6 Å². The van der Waals surface area contributed by atoms with Gasteiger partial charge in [0.15, 0.2) is 5.76 Å². The number of carbonyl (C=O) groups is 3. The van der Waals surface area contributed by atoms with E-state index < -0.39 is 17.9 Å². The van der Waals surface area contributed by atoms with E-state index in [9.17, 15) is 14.4 Å². The molecule has 1 aliphatic heterocycles. The molecule has 0 saturated carbocycles. The molecule has 0 spiro atoms. The average Bonchev–Trinajstić information content (AvgIpc) is 3.70. The third kappa shape index (κ3) is 7.79. The Balaban J connectivity index is 1.14. The quantitative estimate of drug-likeness (QED) is 0.167. The van der Waals surface area contributed by atoms with Crippen LogP contribution < -0.4 is 11.1 Å². The molecule has 1 fully saturated rings. The zero-order valence-electron chi connectivity index (χ0n) is 25.9. The molecule has 238 valence electrons. The number of ether oxygens (including phenoxy) is 2. The van der Waals surface area contributed by atoms with Gasteiger partial charge in [0.1, 0.15) is 11.6 Å². The van der Waals surface area contributed by atoms with Gasteiger partial charge in [-0.2, -0.15) is 0 Å². The standard InChI is InChI=1S/C34H41N5O6/c1-3-44-34(42)24-13-11-23(12-14-24)29-15-16-30(45-29)33(41)36-21-26(35)20-31(40)38-17-6-8-25(22-38)32-37-27-9-4-5-10-28(27)39(32)18-7-19-43-2/h4-5,9-16,25-26H,3,6-8,17-22,35H2,1-2H3,(H,36,41)/t25-,26-/m1/s1. The molecule has 11 heteroatoms. The summed E-state index contributed by atoms with van der Waals surface area (Å²) >= 11 is 0. The van der Waals surface area contributed by atoms with E-state index in [2.05, 4.69) is 16.0 Å². The Labute approximate surface area is 262 Å². The Morgan fingerprint density at radius 1 is 1.11 bits per heavy atom. The molecule has 4 aromatic rings. The zero-order chi connectivity index (χ0) is 31.8. The lowest BCUT2D eigenvalue weighted by Gasteiger charge is -2.33. The van der Waals surface area contributed by atoms with E-state index in [1.165, 1.54) is 0 Å². The number of piperidine rings is 1. The van der Waals surface area contributed by atoms with Crippen molar-refractivity contribution in [2.45, 2.75) is 51.1 Å². The van der Waals surface area contributed by atoms with Crippen LogP contribution in [0.2, 0.25) is 0 Å². The number of fused-ring (bicyclic) bond motifs is 1. The molecule has 0 radical (unpaired) electrons. The number of amides is 2. The highest BCUT2D eigenvalue weighted by Gasteiger charge is 2.29. The van der Waals surface area contributed by atoms with Crippen molar-refractivity contribution in [2.75, 3.05) is 40.0 Å². The number of aromatic nitrogens is 2. The van der Waals surface area contributed by atoms with Gasteiger partial charge in [0.05, 0.1) is 23.2 Å².